The van der Waals surface area contributed by atoms with Crippen LogP contribution in [0.15, 0.2) is 72.8 Å². The van der Waals surface area contributed by atoms with Crippen molar-refractivity contribution in [1.29, 1.82) is 0 Å². The SMILES string of the molecule is COCCOCCOCCOc1ccc(C2(c3ccc([CH+][C-]=O)c([CH+][C-]=O)c3)c3cc(C)ccc3-c3ccc(C)cc32)cc1OCCOCCOCCOC.[Os].[Os]. The number of benzene rings is 4. The Balaban J connectivity index is 0.00000435. The minimum absolute atomic E-state index is 0. The zero-order valence-electron chi connectivity index (χ0n) is 32.9. The van der Waals surface area contributed by atoms with Crippen molar-refractivity contribution in [2.24, 2.45) is 0 Å². The van der Waals surface area contributed by atoms with Gasteiger partial charge in [-0.05, 0) is 59.9 Å². The fraction of sp³-hybridized carbons (Fsp3) is 0.378. The van der Waals surface area contributed by atoms with Crippen LogP contribution in [0.2, 0.25) is 0 Å². The second-order valence-electron chi connectivity index (χ2n) is 13.0. The van der Waals surface area contributed by atoms with Gasteiger partial charge >= 0.3 is 0 Å². The third kappa shape index (κ3) is 12.3. The van der Waals surface area contributed by atoms with E-state index in [1.807, 2.05) is 42.9 Å². The van der Waals surface area contributed by atoms with Crippen LogP contribution in [0.5, 0.6) is 11.5 Å². The predicted molar refractivity (Wildman–Crippen MR) is 209 cm³/mol. The van der Waals surface area contributed by atoms with E-state index in [0.717, 1.165) is 44.5 Å². The molecule has 12 heteroatoms. The Morgan fingerprint density at radius 3 is 1.44 bits per heavy atom. The minimum atomic E-state index is -0.837. The largest absolute Gasteiger partial charge is 0.487 e. The monoisotopic (exact) mass is 1130 g/mol. The number of hydrogen-bond donors (Lipinski definition) is 0. The molecule has 0 saturated carbocycles. The fourth-order valence-electron chi connectivity index (χ4n) is 6.85. The van der Waals surface area contributed by atoms with E-state index >= 15 is 0 Å². The van der Waals surface area contributed by atoms with Crippen LogP contribution in [-0.4, -0.2) is 106 Å². The summed E-state index contributed by atoms with van der Waals surface area (Å²) >= 11 is 0. The first-order valence-electron chi connectivity index (χ1n) is 18.5. The average Bonchev–Trinajstić information content (AvgIpc) is 3.46. The first-order valence-corrected chi connectivity index (χ1v) is 18.5. The zero-order valence-corrected chi connectivity index (χ0v) is 37.9. The van der Waals surface area contributed by atoms with E-state index < -0.39 is 5.41 Å². The maximum Gasteiger partial charge on any atom is 0.161 e. The van der Waals surface area contributed by atoms with Gasteiger partial charge in [-0.2, -0.15) is 0 Å². The van der Waals surface area contributed by atoms with Crippen LogP contribution in [0.4, 0.5) is 0 Å². The summed E-state index contributed by atoms with van der Waals surface area (Å²) in [4.78, 5) is 23.2. The van der Waals surface area contributed by atoms with Gasteiger partial charge in [-0.25, -0.2) is 0 Å². The van der Waals surface area contributed by atoms with Crippen molar-refractivity contribution in [3.05, 3.63) is 130 Å². The van der Waals surface area contributed by atoms with Crippen molar-refractivity contribution >= 4 is 12.6 Å². The number of ether oxygens (including phenoxy) is 8. The standard InChI is InChI=1S/C45H50O10.2Os/c1-33-5-10-39-40-11-6-34(2)30-42(40)45(41(39)29-33,37-8-7-35(13-15-46)36(31-37)14-16-47)38-9-12-43(54-27-25-52-23-21-50-19-17-48-3)44(32-38)55-28-26-53-24-22-51-20-18-49-4;;/h5-14,29-32H,17-28H2,1-4H3;;. The number of aryl methyl sites for hydroxylation is 2. The summed E-state index contributed by atoms with van der Waals surface area (Å²) in [5.41, 5.74) is 8.74. The Bertz CT molecular complexity index is 1800. The second kappa shape index (κ2) is 25.2. The molecule has 0 unspecified atom stereocenters. The molecule has 0 amide bonds. The summed E-state index contributed by atoms with van der Waals surface area (Å²) in [6.45, 7) is 9.28. The normalized spacial score (nSPS) is 12.1. The van der Waals surface area contributed by atoms with Gasteiger partial charge in [0, 0.05) is 77.4 Å². The van der Waals surface area contributed by atoms with Gasteiger partial charge in [0.25, 0.3) is 0 Å². The summed E-state index contributed by atoms with van der Waals surface area (Å²) in [5.74, 6) is 1.10. The van der Waals surface area contributed by atoms with Crippen molar-refractivity contribution in [3.8, 4) is 22.6 Å². The van der Waals surface area contributed by atoms with Crippen molar-refractivity contribution in [2.45, 2.75) is 19.3 Å². The molecule has 10 nitrogen and oxygen atoms in total. The predicted octanol–water partition coefficient (Wildman–Crippen LogP) is 6.10. The van der Waals surface area contributed by atoms with Crippen LogP contribution < -0.4 is 9.47 Å². The van der Waals surface area contributed by atoms with Crippen LogP contribution >= 0.6 is 0 Å². The summed E-state index contributed by atoms with van der Waals surface area (Å²) in [5, 5.41) is 0. The van der Waals surface area contributed by atoms with Gasteiger partial charge in [-0.15, -0.1) is 0 Å². The molecule has 0 atom stereocenters. The summed E-state index contributed by atoms with van der Waals surface area (Å²) in [7, 11) is 3.27. The van der Waals surface area contributed by atoms with Gasteiger partial charge in [0.05, 0.1) is 95.7 Å². The average molecular weight is 1130 g/mol. The van der Waals surface area contributed by atoms with Gasteiger partial charge in [0.1, 0.15) is 13.2 Å². The minimum Gasteiger partial charge on any atom is -0.487 e. The Labute approximate surface area is 363 Å². The summed E-state index contributed by atoms with van der Waals surface area (Å²) in [6, 6.07) is 24.9. The maximum atomic E-state index is 11.7. The molecule has 4 aromatic rings. The zero-order chi connectivity index (χ0) is 38.9. The Kier molecular flexibility index (Phi) is 21.2. The van der Waals surface area contributed by atoms with E-state index in [-0.39, 0.29) is 46.2 Å². The molecule has 1 aliphatic carbocycles. The Morgan fingerprint density at radius 1 is 0.491 bits per heavy atom. The van der Waals surface area contributed by atoms with Gasteiger partial charge < -0.3 is 47.5 Å². The topological polar surface area (TPSA) is 108 Å². The molecule has 0 fully saturated rings. The van der Waals surface area contributed by atoms with Crippen LogP contribution in [0.25, 0.3) is 11.1 Å². The molecule has 0 aromatic heterocycles. The smallest absolute Gasteiger partial charge is 0.161 e. The molecule has 57 heavy (non-hydrogen) atoms. The molecule has 5 rings (SSSR count). The molecule has 0 spiro atoms. The van der Waals surface area contributed by atoms with Gasteiger partial charge in [-0.3, -0.25) is 0 Å². The summed E-state index contributed by atoms with van der Waals surface area (Å²) in [6.07, 6.45) is 6.45. The van der Waals surface area contributed by atoms with E-state index in [1.54, 1.807) is 14.2 Å². The Morgan fingerprint density at radius 2 is 0.930 bits per heavy atom. The van der Waals surface area contributed by atoms with E-state index in [9.17, 15) is 9.59 Å². The molecule has 306 valence electrons. The molecule has 0 heterocycles. The van der Waals surface area contributed by atoms with Gasteiger partial charge in [0.15, 0.2) is 11.5 Å². The molecule has 0 bridgehead atoms. The summed E-state index contributed by atoms with van der Waals surface area (Å²) < 4.78 is 45.3. The number of methoxy groups -OCH3 is 2. The molecular weight excluding hydrogens is 1080 g/mol. The van der Waals surface area contributed by atoms with Crippen molar-refractivity contribution in [2.75, 3.05) is 93.5 Å². The number of fused-ring (bicyclic) bond motifs is 3. The van der Waals surface area contributed by atoms with E-state index in [0.29, 0.717) is 95.3 Å². The Hall–Kier alpha value is -3.41. The molecule has 0 saturated heterocycles. The van der Waals surface area contributed by atoms with Crippen LogP contribution in [0.3, 0.4) is 0 Å². The van der Waals surface area contributed by atoms with E-state index in [4.69, 9.17) is 37.9 Å². The van der Waals surface area contributed by atoms with E-state index in [1.165, 1.54) is 12.8 Å². The van der Waals surface area contributed by atoms with Gasteiger partial charge in [-0.1, -0.05) is 60.0 Å². The van der Waals surface area contributed by atoms with Crippen molar-refractivity contribution < 1.29 is 87.1 Å². The molecule has 1 aliphatic rings. The number of hydrogen-bond acceptors (Lipinski definition) is 10. The second-order valence-corrected chi connectivity index (χ2v) is 13.0. The fourth-order valence-corrected chi connectivity index (χ4v) is 6.85. The van der Waals surface area contributed by atoms with Crippen molar-refractivity contribution in [1.82, 2.24) is 0 Å². The van der Waals surface area contributed by atoms with Crippen LogP contribution in [0, 0.1) is 26.7 Å². The maximum absolute atomic E-state index is 11.7. The van der Waals surface area contributed by atoms with Crippen LogP contribution in [0.1, 0.15) is 44.5 Å². The van der Waals surface area contributed by atoms with Gasteiger partial charge in [0.2, 0.25) is 0 Å². The molecule has 4 aromatic carbocycles. The molecule has 0 N–H and O–H groups in total. The first-order chi connectivity index (χ1) is 27.0. The van der Waals surface area contributed by atoms with E-state index in [2.05, 4.69) is 56.3 Å². The molecule has 0 aliphatic heterocycles. The number of rotatable bonds is 26. The quantitative estimate of drug-likeness (QED) is 0.0477. The first kappa shape index (κ1) is 48.0. The molecular formula is C45H50O10Os2. The van der Waals surface area contributed by atoms with Crippen molar-refractivity contribution in [3.63, 3.8) is 0 Å². The third-order valence-corrected chi connectivity index (χ3v) is 9.35. The third-order valence-electron chi connectivity index (χ3n) is 9.35. The number of carbonyl (C=O) groups excluding carboxylic acids is 2. The van der Waals surface area contributed by atoms with Crippen LogP contribution in [-0.2, 0) is 83.0 Å². The molecule has 0 radical (unpaired) electrons.